The van der Waals surface area contributed by atoms with Gasteiger partial charge in [0.05, 0.1) is 36.9 Å². The predicted molar refractivity (Wildman–Crippen MR) is 127 cm³/mol. The Morgan fingerprint density at radius 2 is 2.22 bits per heavy atom. The fraction of sp³-hybridized carbons (Fsp3) is 0.542. The van der Waals surface area contributed by atoms with Crippen molar-refractivity contribution in [2.45, 2.75) is 44.5 Å². The fourth-order valence-corrected chi connectivity index (χ4v) is 5.73. The number of hydrogen-bond donors (Lipinski definition) is 3. The molecule has 1 fully saturated rings. The van der Waals surface area contributed by atoms with Crippen molar-refractivity contribution in [2.24, 2.45) is 5.92 Å². The lowest BCUT2D eigenvalue weighted by molar-refractivity contribution is -0.0223. The zero-order valence-electron chi connectivity index (χ0n) is 18.9. The number of aryl methyl sites for hydroxylation is 1. The minimum absolute atomic E-state index is 0.0623. The van der Waals surface area contributed by atoms with Crippen molar-refractivity contribution in [1.29, 1.82) is 0 Å². The van der Waals surface area contributed by atoms with Gasteiger partial charge in [-0.2, -0.15) is 0 Å². The standard InChI is InChI=1S/C24H32ClN5O2/c1-14-12-26-23(19-6-7-27-29-19)24-22(14)18(17-5-4-16(25)10-20(17)31-3)11-21(28-24)30-8-9-32-13-15(30)2/h4-6,10,12,15,17-18,20-21,27-29H,7-9,11,13H2,1-3H3/t15-,17?,18?,20?,21?/m1/s1. The Labute approximate surface area is 194 Å². The molecule has 0 radical (unpaired) electrons. The molecular formula is C24H32ClN5O2. The van der Waals surface area contributed by atoms with Gasteiger partial charge in [-0.25, -0.2) is 5.43 Å². The second-order valence-corrected chi connectivity index (χ2v) is 9.49. The summed E-state index contributed by atoms with van der Waals surface area (Å²) in [4.78, 5) is 7.38. The summed E-state index contributed by atoms with van der Waals surface area (Å²) in [7, 11) is 1.77. The van der Waals surface area contributed by atoms with Crippen molar-refractivity contribution in [2.75, 3.05) is 38.7 Å². The first-order valence-electron chi connectivity index (χ1n) is 11.4. The van der Waals surface area contributed by atoms with E-state index in [-0.39, 0.29) is 24.1 Å². The SMILES string of the molecule is COC1C=C(Cl)C=CC1C1CC(N2CCOC[C@H]2C)Nc2c(C3=CCNN3)ncc(C)c21. The van der Waals surface area contributed by atoms with Crippen LogP contribution in [0, 0.1) is 12.8 Å². The molecule has 1 saturated heterocycles. The first-order valence-corrected chi connectivity index (χ1v) is 11.8. The molecule has 1 aromatic heterocycles. The molecule has 5 rings (SSSR count). The van der Waals surface area contributed by atoms with E-state index in [2.05, 4.69) is 47.1 Å². The maximum Gasteiger partial charge on any atom is 0.111 e. The molecule has 4 aliphatic rings. The van der Waals surface area contributed by atoms with Gasteiger partial charge in [0.15, 0.2) is 0 Å². The van der Waals surface area contributed by atoms with E-state index in [9.17, 15) is 0 Å². The van der Waals surface area contributed by atoms with Gasteiger partial charge in [0.25, 0.3) is 0 Å². The summed E-state index contributed by atoms with van der Waals surface area (Å²) < 4.78 is 11.6. The van der Waals surface area contributed by atoms with Gasteiger partial charge in [-0.15, -0.1) is 0 Å². The average molecular weight is 458 g/mol. The van der Waals surface area contributed by atoms with Gasteiger partial charge in [-0.05, 0) is 55.5 Å². The quantitative estimate of drug-likeness (QED) is 0.641. The van der Waals surface area contributed by atoms with Gasteiger partial charge in [0.1, 0.15) is 5.69 Å². The van der Waals surface area contributed by atoms with Gasteiger partial charge in [-0.1, -0.05) is 17.7 Å². The number of nitrogens with one attached hydrogen (secondary N) is 3. The zero-order valence-corrected chi connectivity index (χ0v) is 19.7. The normalized spacial score (nSPS) is 32.6. The molecular weight excluding hydrogens is 426 g/mol. The molecule has 172 valence electrons. The van der Waals surface area contributed by atoms with Crippen LogP contribution in [0.1, 0.15) is 36.1 Å². The van der Waals surface area contributed by atoms with Crippen LogP contribution in [0.2, 0.25) is 0 Å². The van der Waals surface area contributed by atoms with Gasteiger partial charge < -0.3 is 20.2 Å². The molecule has 5 atom stereocenters. The maximum atomic E-state index is 6.33. The highest BCUT2D eigenvalue weighted by Gasteiger charge is 2.41. The molecule has 7 nitrogen and oxygen atoms in total. The van der Waals surface area contributed by atoms with Crippen LogP contribution in [-0.4, -0.2) is 61.6 Å². The number of anilines is 1. The van der Waals surface area contributed by atoms with Crippen molar-refractivity contribution in [3.05, 3.63) is 52.4 Å². The second-order valence-electron chi connectivity index (χ2n) is 9.05. The van der Waals surface area contributed by atoms with E-state index < -0.39 is 0 Å². The molecule has 1 aliphatic carbocycles. The molecule has 32 heavy (non-hydrogen) atoms. The van der Waals surface area contributed by atoms with Crippen LogP contribution in [0.3, 0.4) is 0 Å². The third-order valence-electron chi connectivity index (χ3n) is 7.10. The number of morpholine rings is 1. The lowest BCUT2D eigenvalue weighted by atomic mass is 9.74. The largest absolute Gasteiger partial charge is 0.379 e. The van der Waals surface area contributed by atoms with E-state index in [1.165, 1.54) is 11.1 Å². The first-order chi connectivity index (χ1) is 15.6. The Hall–Kier alpha value is -1.90. The number of ether oxygens (including phenoxy) is 2. The van der Waals surface area contributed by atoms with Gasteiger partial charge in [0.2, 0.25) is 0 Å². The average Bonchev–Trinajstić information content (AvgIpc) is 3.33. The van der Waals surface area contributed by atoms with E-state index in [0.29, 0.717) is 6.04 Å². The maximum absolute atomic E-state index is 6.33. The summed E-state index contributed by atoms with van der Waals surface area (Å²) >= 11 is 6.33. The predicted octanol–water partition coefficient (Wildman–Crippen LogP) is 3.11. The van der Waals surface area contributed by atoms with Crippen molar-refractivity contribution in [3.8, 4) is 0 Å². The number of methoxy groups -OCH3 is 1. The van der Waals surface area contributed by atoms with Crippen LogP contribution in [-0.2, 0) is 9.47 Å². The summed E-state index contributed by atoms with van der Waals surface area (Å²) in [5, 5.41) is 4.62. The smallest absolute Gasteiger partial charge is 0.111 e. The van der Waals surface area contributed by atoms with Gasteiger partial charge in [0, 0.05) is 43.4 Å². The molecule has 0 aromatic carbocycles. The summed E-state index contributed by atoms with van der Waals surface area (Å²) in [6, 6.07) is 0.351. The summed E-state index contributed by atoms with van der Waals surface area (Å²) in [5.74, 6) is 0.463. The van der Waals surface area contributed by atoms with Gasteiger partial charge >= 0.3 is 0 Å². The van der Waals surface area contributed by atoms with Crippen LogP contribution in [0.25, 0.3) is 5.70 Å². The second kappa shape index (κ2) is 9.15. The Morgan fingerprint density at radius 1 is 1.34 bits per heavy atom. The Kier molecular flexibility index (Phi) is 6.27. The third-order valence-corrected chi connectivity index (χ3v) is 7.35. The van der Waals surface area contributed by atoms with Crippen LogP contribution in [0.5, 0.6) is 0 Å². The van der Waals surface area contributed by atoms with Crippen molar-refractivity contribution < 1.29 is 9.47 Å². The molecule has 0 amide bonds. The highest BCUT2D eigenvalue weighted by Crippen LogP contribution is 2.47. The molecule has 4 heterocycles. The highest BCUT2D eigenvalue weighted by molar-refractivity contribution is 6.31. The molecule has 0 saturated carbocycles. The van der Waals surface area contributed by atoms with E-state index in [1.807, 2.05) is 18.3 Å². The van der Waals surface area contributed by atoms with Crippen LogP contribution < -0.4 is 16.2 Å². The number of fused-ring (bicyclic) bond motifs is 1. The molecule has 1 aromatic rings. The van der Waals surface area contributed by atoms with Gasteiger partial charge in [-0.3, -0.25) is 9.88 Å². The number of aromatic nitrogens is 1. The molecule has 3 N–H and O–H groups in total. The van der Waals surface area contributed by atoms with Crippen molar-refractivity contribution >= 4 is 23.0 Å². The van der Waals surface area contributed by atoms with Crippen molar-refractivity contribution in [1.82, 2.24) is 20.7 Å². The molecule has 8 heteroatoms. The van der Waals surface area contributed by atoms with E-state index in [0.717, 1.165) is 54.8 Å². The molecule has 0 spiro atoms. The minimum atomic E-state index is -0.0623. The minimum Gasteiger partial charge on any atom is -0.379 e. The van der Waals surface area contributed by atoms with E-state index in [4.69, 9.17) is 26.1 Å². The van der Waals surface area contributed by atoms with Crippen LogP contribution >= 0.6 is 11.6 Å². The zero-order chi connectivity index (χ0) is 22.2. The summed E-state index contributed by atoms with van der Waals surface area (Å²) in [5.41, 5.74) is 12.1. The number of hydrogen-bond acceptors (Lipinski definition) is 7. The third kappa shape index (κ3) is 3.97. The number of halogens is 1. The first kappa shape index (κ1) is 21.9. The Morgan fingerprint density at radius 3 is 2.97 bits per heavy atom. The highest BCUT2D eigenvalue weighted by atomic mass is 35.5. The lowest BCUT2D eigenvalue weighted by Crippen LogP contribution is -2.54. The van der Waals surface area contributed by atoms with Crippen molar-refractivity contribution in [3.63, 3.8) is 0 Å². The molecule has 4 unspecified atom stereocenters. The Bertz CT molecular complexity index is 962. The fourth-order valence-electron chi connectivity index (χ4n) is 5.53. The van der Waals surface area contributed by atoms with E-state index >= 15 is 0 Å². The number of rotatable bonds is 4. The van der Waals surface area contributed by atoms with Crippen LogP contribution in [0.4, 0.5) is 5.69 Å². The number of nitrogens with zero attached hydrogens (tertiary/aromatic N) is 2. The molecule has 3 aliphatic heterocycles. The number of pyridine rings is 1. The molecule has 0 bridgehead atoms. The summed E-state index contributed by atoms with van der Waals surface area (Å²) in [6.07, 6.45) is 11.5. The van der Waals surface area contributed by atoms with E-state index in [1.54, 1.807) is 7.11 Å². The lowest BCUT2D eigenvalue weighted by Gasteiger charge is -2.47. The summed E-state index contributed by atoms with van der Waals surface area (Å²) in [6.45, 7) is 7.62. The number of hydrazine groups is 1. The van der Waals surface area contributed by atoms with Crippen LogP contribution in [0.15, 0.2) is 35.5 Å². The monoisotopic (exact) mass is 457 g/mol. The number of allylic oxidation sites excluding steroid dienone is 2. The topological polar surface area (TPSA) is 70.7 Å². The Balaban J connectivity index is 1.60.